The maximum absolute atomic E-state index is 5.60. The lowest BCUT2D eigenvalue weighted by Crippen LogP contribution is -2.37. The zero-order chi connectivity index (χ0) is 9.52. The minimum atomic E-state index is 0.775. The highest BCUT2D eigenvalue weighted by atomic mass is 35.5. The maximum Gasteiger partial charge on any atom is 0.0235 e. The molecule has 0 aromatic carbocycles. The quantitative estimate of drug-likeness (QED) is 0.540. The van der Waals surface area contributed by atoms with Gasteiger partial charge < -0.3 is 10.2 Å². The fourth-order valence-corrected chi connectivity index (χ4v) is 2.07. The Morgan fingerprint density at radius 3 is 3.08 bits per heavy atom. The van der Waals surface area contributed by atoms with E-state index in [2.05, 4.69) is 17.3 Å². The Labute approximate surface area is 86.6 Å². The molecule has 1 rings (SSSR count). The molecule has 1 fully saturated rings. The average Bonchev–Trinajstić information content (AvgIpc) is 2.13. The summed E-state index contributed by atoms with van der Waals surface area (Å²) in [4.78, 5) is 2.43. The van der Waals surface area contributed by atoms with Crippen molar-refractivity contribution in [3.05, 3.63) is 0 Å². The molecule has 1 N–H and O–H groups in total. The lowest BCUT2D eigenvalue weighted by atomic mass is 9.98. The van der Waals surface area contributed by atoms with Crippen molar-refractivity contribution in [2.24, 2.45) is 5.92 Å². The largest absolute Gasteiger partial charge is 0.316 e. The van der Waals surface area contributed by atoms with Gasteiger partial charge in [-0.05, 0) is 51.9 Å². The van der Waals surface area contributed by atoms with Gasteiger partial charge in [0.1, 0.15) is 0 Å². The Bertz CT molecular complexity index is 130. The zero-order valence-electron chi connectivity index (χ0n) is 8.56. The molecular weight excluding hydrogens is 184 g/mol. The SMILES string of the molecule is CN1CCCC(CNCCCCl)C1. The van der Waals surface area contributed by atoms with Gasteiger partial charge in [-0.2, -0.15) is 0 Å². The van der Waals surface area contributed by atoms with E-state index in [1.54, 1.807) is 0 Å². The number of hydrogen-bond acceptors (Lipinski definition) is 2. The van der Waals surface area contributed by atoms with Crippen LogP contribution in [-0.2, 0) is 0 Å². The Balaban J connectivity index is 2.00. The van der Waals surface area contributed by atoms with Crippen LogP contribution in [-0.4, -0.2) is 44.0 Å². The molecule has 0 aliphatic carbocycles. The standard InChI is InChI=1S/C10H21ClN2/c1-13-7-2-4-10(9-13)8-12-6-3-5-11/h10,12H,2-9H2,1H3. The smallest absolute Gasteiger partial charge is 0.0235 e. The summed E-state index contributed by atoms with van der Waals surface area (Å²) < 4.78 is 0. The molecular formula is C10H21ClN2. The molecule has 78 valence electrons. The molecule has 2 nitrogen and oxygen atoms in total. The van der Waals surface area contributed by atoms with Crippen molar-refractivity contribution >= 4 is 11.6 Å². The first-order valence-electron chi connectivity index (χ1n) is 5.28. The lowest BCUT2D eigenvalue weighted by Gasteiger charge is -2.29. The van der Waals surface area contributed by atoms with Gasteiger partial charge in [0.15, 0.2) is 0 Å². The highest BCUT2D eigenvalue weighted by Gasteiger charge is 2.15. The van der Waals surface area contributed by atoms with Gasteiger partial charge in [-0.3, -0.25) is 0 Å². The van der Waals surface area contributed by atoms with Gasteiger partial charge in [-0.1, -0.05) is 0 Å². The number of nitrogens with one attached hydrogen (secondary N) is 1. The number of rotatable bonds is 5. The molecule has 1 heterocycles. The van der Waals surface area contributed by atoms with E-state index in [0.29, 0.717) is 0 Å². The van der Waals surface area contributed by atoms with Crippen LogP contribution in [0.2, 0.25) is 0 Å². The van der Waals surface area contributed by atoms with Crippen LogP contribution in [0.4, 0.5) is 0 Å². The van der Waals surface area contributed by atoms with Crippen molar-refractivity contribution in [2.45, 2.75) is 19.3 Å². The van der Waals surface area contributed by atoms with Crippen molar-refractivity contribution in [2.75, 3.05) is 39.1 Å². The Morgan fingerprint density at radius 1 is 1.54 bits per heavy atom. The van der Waals surface area contributed by atoms with Crippen molar-refractivity contribution in [1.29, 1.82) is 0 Å². The number of alkyl halides is 1. The summed E-state index contributed by atoms with van der Waals surface area (Å²) in [7, 11) is 2.21. The highest BCUT2D eigenvalue weighted by molar-refractivity contribution is 6.17. The van der Waals surface area contributed by atoms with Crippen molar-refractivity contribution in [3.8, 4) is 0 Å². The van der Waals surface area contributed by atoms with E-state index in [0.717, 1.165) is 24.8 Å². The van der Waals surface area contributed by atoms with Crippen LogP contribution in [0, 0.1) is 5.92 Å². The summed E-state index contributed by atoms with van der Waals surface area (Å²) in [6.45, 7) is 4.77. The fraction of sp³-hybridized carbons (Fsp3) is 1.00. The van der Waals surface area contributed by atoms with Crippen LogP contribution in [0.3, 0.4) is 0 Å². The molecule has 0 aromatic rings. The van der Waals surface area contributed by atoms with E-state index in [4.69, 9.17) is 11.6 Å². The molecule has 0 spiro atoms. The van der Waals surface area contributed by atoms with Gasteiger partial charge in [0.25, 0.3) is 0 Å². The van der Waals surface area contributed by atoms with Crippen molar-refractivity contribution in [1.82, 2.24) is 10.2 Å². The monoisotopic (exact) mass is 204 g/mol. The van der Waals surface area contributed by atoms with Gasteiger partial charge in [-0.25, -0.2) is 0 Å². The molecule has 0 aromatic heterocycles. The summed E-state index contributed by atoms with van der Waals surface area (Å²) in [6.07, 6.45) is 3.83. The first kappa shape index (κ1) is 11.3. The number of piperidine rings is 1. The fourth-order valence-electron chi connectivity index (χ4n) is 1.94. The predicted molar refractivity (Wildman–Crippen MR) is 58.4 cm³/mol. The third-order valence-electron chi connectivity index (χ3n) is 2.64. The van der Waals surface area contributed by atoms with Crippen molar-refractivity contribution < 1.29 is 0 Å². The number of nitrogens with zero attached hydrogens (tertiary/aromatic N) is 1. The Morgan fingerprint density at radius 2 is 2.38 bits per heavy atom. The van der Waals surface area contributed by atoms with Crippen molar-refractivity contribution in [3.63, 3.8) is 0 Å². The van der Waals surface area contributed by atoms with Crippen LogP contribution in [0.5, 0.6) is 0 Å². The number of halogens is 1. The third-order valence-corrected chi connectivity index (χ3v) is 2.91. The van der Waals surface area contributed by atoms with Gasteiger partial charge in [0.05, 0.1) is 0 Å². The average molecular weight is 205 g/mol. The van der Waals surface area contributed by atoms with E-state index in [-0.39, 0.29) is 0 Å². The topological polar surface area (TPSA) is 15.3 Å². The van der Waals surface area contributed by atoms with Crippen LogP contribution >= 0.6 is 11.6 Å². The van der Waals surface area contributed by atoms with E-state index in [1.165, 1.54) is 32.5 Å². The third kappa shape index (κ3) is 4.84. The van der Waals surface area contributed by atoms with E-state index >= 15 is 0 Å². The summed E-state index contributed by atoms with van der Waals surface area (Å²) in [5, 5.41) is 3.47. The first-order valence-corrected chi connectivity index (χ1v) is 5.81. The van der Waals surface area contributed by atoms with Gasteiger partial charge in [0.2, 0.25) is 0 Å². The second-order valence-corrected chi connectivity index (χ2v) is 4.40. The number of hydrogen-bond donors (Lipinski definition) is 1. The molecule has 0 bridgehead atoms. The molecule has 13 heavy (non-hydrogen) atoms. The first-order chi connectivity index (χ1) is 6.33. The molecule has 1 aliphatic heterocycles. The van der Waals surface area contributed by atoms with E-state index in [9.17, 15) is 0 Å². The lowest BCUT2D eigenvalue weighted by molar-refractivity contribution is 0.206. The van der Waals surface area contributed by atoms with Gasteiger partial charge in [-0.15, -0.1) is 11.6 Å². The van der Waals surface area contributed by atoms with Crippen LogP contribution in [0.15, 0.2) is 0 Å². The molecule has 1 saturated heterocycles. The Kier molecular flexibility index (Phi) is 5.76. The Hall–Kier alpha value is 0.210. The molecule has 1 atom stereocenters. The van der Waals surface area contributed by atoms with Gasteiger partial charge in [0, 0.05) is 12.4 Å². The molecule has 3 heteroatoms. The summed E-state index contributed by atoms with van der Waals surface area (Å²) in [5.41, 5.74) is 0. The predicted octanol–water partition coefficient (Wildman–Crippen LogP) is 1.55. The zero-order valence-corrected chi connectivity index (χ0v) is 9.32. The number of likely N-dealkylation sites (tertiary alicyclic amines) is 1. The maximum atomic E-state index is 5.60. The summed E-state index contributed by atoms with van der Waals surface area (Å²) in [6, 6.07) is 0. The molecule has 1 unspecified atom stereocenters. The summed E-state index contributed by atoms with van der Waals surface area (Å²) in [5.74, 6) is 1.63. The molecule has 0 saturated carbocycles. The summed E-state index contributed by atoms with van der Waals surface area (Å²) >= 11 is 5.60. The second kappa shape index (κ2) is 6.63. The van der Waals surface area contributed by atoms with E-state index < -0.39 is 0 Å². The highest BCUT2D eigenvalue weighted by Crippen LogP contribution is 2.13. The minimum Gasteiger partial charge on any atom is -0.316 e. The molecule has 0 radical (unpaired) electrons. The molecule has 0 amide bonds. The normalized spacial score (nSPS) is 24.9. The minimum absolute atomic E-state index is 0.775. The van der Waals surface area contributed by atoms with Crippen LogP contribution in [0.25, 0.3) is 0 Å². The van der Waals surface area contributed by atoms with Crippen LogP contribution < -0.4 is 5.32 Å². The van der Waals surface area contributed by atoms with Crippen LogP contribution in [0.1, 0.15) is 19.3 Å². The second-order valence-electron chi connectivity index (χ2n) is 4.02. The molecule has 1 aliphatic rings. The van der Waals surface area contributed by atoms with Gasteiger partial charge >= 0.3 is 0 Å². The van der Waals surface area contributed by atoms with E-state index in [1.807, 2.05) is 0 Å².